The van der Waals surface area contributed by atoms with E-state index in [1.165, 1.54) is 21.2 Å². The van der Waals surface area contributed by atoms with Crippen molar-refractivity contribution in [2.45, 2.75) is 10.2 Å². The third kappa shape index (κ3) is 1.82. The predicted octanol–water partition coefficient (Wildman–Crippen LogP) is 4.46. The highest BCUT2D eigenvalue weighted by Gasteiger charge is 2.02. The van der Waals surface area contributed by atoms with E-state index in [9.17, 15) is 0 Å². The fraction of sp³-hybridized carbons (Fsp3) is 0.167. The minimum Gasteiger partial charge on any atom is -0.129 e. The van der Waals surface area contributed by atoms with Crippen LogP contribution in [0.3, 0.4) is 0 Å². The van der Waals surface area contributed by atoms with Gasteiger partial charge in [-0.25, -0.2) is 0 Å². The summed E-state index contributed by atoms with van der Waals surface area (Å²) in [5, 5.41) is 3.56. The summed E-state index contributed by atoms with van der Waals surface area (Å²) >= 11 is 5.33. The zero-order chi connectivity index (χ0) is 9.97. The standard InChI is InChI=1S/C12H11BrS/c1-14-12-7-10-5-3-2-4-9(10)6-11(12)8-13/h2-7H,8H2,1H3. The van der Waals surface area contributed by atoms with E-state index in [1.54, 1.807) is 11.8 Å². The van der Waals surface area contributed by atoms with E-state index >= 15 is 0 Å². The molecule has 2 aromatic rings. The van der Waals surface area contributed by atoms with Crippen molar-refractivity contribution in [3.8, 4) is 0 Å². The maximum atomic E-state index is 3.52. The van der Waals surface area contributed by atoms with E-state index in [1.807, 2.05) is 0 Å². The Morgan fingerprint density at radius 1 is 1.14 bits per heavy atom. The maximum Gasteiger partial charge on any atom is 0.0294 e. The zero-order valence-electron chi connectivity index (χ0n) is 7.96. The number of rotatable bonds is 2. The van der Waals surface area contributed by atoms with Crippen LogP contribution in [0.15, 0.2) is 41.3 Å². The molecule has 0 nitrogen and oxygen atoms in total. The third-order valence-electron chi connectivity index (χ3n) is 2.29. The van der Waals surface area contributed by atoms with Crippen LogP contribution in [0.1, 0.15) is 5.56 Å². The molecular formula is C12H11BrS. The van der Waals surface area contributed by atoms with Crippen LogP contribution in [0.2, 0.25) is 0 Å². The second-order valence-corrected chi connectivity index (χ2v) is 4.55. The van der Waals surface area contributed by atoms with Gasteiger partial charge in [0.1, 0.15) is 0 Å². The smallest absolute Gasteiger partial charge is 0.0294 e. The molecule has 0 amide bonds. The molecule has 0 aromatic heterocycles. The van der Waals surface area contributed by atoms with E-state index in [-0.39, 0.29) is 0 Å². The maximum absolute atomic E-state index is 3.52. The molecule has 0 bridgehead atoms. The van der Waals surface area contributed by atoms with Gasteiger partial charge in [0.25, 0.3) is 0 Å². The van der Waals surface area contributed by atoms with Crippen LogP contribution in [0, 0.1) is 0 Å². The second-order valence-electron chi connectivity index (χ2n) is 3.14. The van der Waals surface area contributed by atoms with Gasteiger partial charge >= 0.3 is 0 Å². The lowest BCUT2D eigenvalue weighted by molar-refractivity contribution is 1.31. The van der Waals surface area contributed by atoms with Crippen LogP contribution in [-0.4, -0.2) is 6.26 Å². The number of hydrogen-bond acceptors (Lipinski definition) is 1. The molecule has 0 saturated heterocycles. The Labute approximate surface area is 96.8 Å². The summed E-state index contributed by atoms with van der Waals surface area (Å²) in [5.74, 6) is 0. The van der Waals surface area contributed by atoms with Gasteiger partial charge in [-0.2, -0.15) is 0 Å². The Morgan fingerprint density at radius 3 is 2.36 bits per heavy atom. The first-order valence-corrected chi connectivity index (χ1v) is 6.81. The van der Waals surface area contributed by atoms with E-state index < -0.39 is 0 Å². The highest BCUT2D eigenvalue weighted by Crippen LogP contribution is 2.27. The molecule has 0 aliphatic heterocycles. The van der Waals surface area contributed by atoms with Gasteiger partial charge in [-0.1, -0.05) is 40.2 Å². The van der Waals surface area contributed by atoms with Crippen molar-refractivity contribution in [1.29, 1.82) is 0 Å². The lowest BCUT2D eigenvalue weighted by atomic mass is 10.1. The molecule has 0 saturated carbocycles. The predicted molar refractivity (Wildman–Crippen MR) is 68.4 cm³/mol. The van der Waals surface area contributed by atoms with Crippen LogP contribution in [0.5, 0.6) is 0 Å². The van der Waals surface area contributed by atoms with Crippen molar-refractivity contribution in [2.24, 2.45) is 0 Å². The summed E-state index contributed by atoms with van der Waals surface area (Å²) in [5.41, 5.74) is 1.37. The SMILES string of the molecule is CSc1cc2ccccc2cc1CBr. The van der Waals surface area contributed by atoms with E-state index in [4.69, 9.17) is 0 Å². The first-order valence-electron chi connectivity index (χ1n) is 4.47. The van der Waals surface area contributed by atoms with Gasteiger partial charge < -0.3 is 0 Å². The highest BCUT2D eigenvalue weighted by molar-refractivity contribution is 9.08. The third-order valence-corrected chi connectivity index (χ3v) is 3.72. The summed E-state index contributed by atoms with van der Waals surface area (Å²) < 4.78 is 0. The molecule has 0 aliphatic rings. The zero-order valence-corrected chi connectivity index (χ0v) is 10.4. The molecule has 72 valence electrons. The molecule has 2 rings (SSSR count). The van der Waals surface area contributed by atoms with Crippen molar-refractivity contribution >= 4 is 38.5 Å². The summed E-state index contributed by atoms with van der Waals surface area (Å²) in [4.78, 5) is 1.36. The Hall–Kier alpha value is -0.470. The molecular weight excluding hydrogens is 256 g/mol. The number of thioether (sulfide) groups is 1. The van der Waals surface area contributed by atoms with Gasteiger partial charge in [0, 0.05) is 10.2 Å². The largest absolute Gasteiger partial charge is 0.129 e. The van der Waals surface area contributed by atoms with E-state index in [0.29, 0.717) is 0 Å². The molecule has 14 heavy (non-hydrogen) atoms. The van der Waals surface area contributed by atoms with E-state index in [0.717, 1.165) is 5.33 Å². The van der Waals surface area contributed by atoms with Gasteiger partial charge in [0.15, 0.2) is 0 Å². The summed E-state index contributed by atoms with van der Waals surface area (Å²) in [6.07, 6.45) is 2.12. The Bertz CT molecular complexity index is 409. The summed E-state index contributed by atoms with van der Waals surface area (Å²) in [6, 6.07) is 13.0. The molecule has 0 N–H and O–H groups in total. The minimum absolute atomic E-state index is 0.925. The summed E-state index contributed by atoms with van der Waals surface area (Å²) in [6.45, 7) is 0. The second kappa shape index (κ2) is 4.37. The van der Waals surface area contributed by atoms with Crippen LogP contribution in [0.4, 0.5) is 0 Å². The first kappa shape index (κ1) is 10.1. The first-order chi connectivity index (χ1) is 6.85. The Balaban J connectivity index is 2.69. The fourth-order valence-electron chi connectivity index (χ4n) is 1.56. The van der Waals surface area contributed by atoms with Crippen LogP contribution >= 0.6 is 27.7 Å². The molecule has 2 heteroatoms. The van der Waals surface area contributed by atoms with Gasteiger partial charge in [0.05, 0.1) is 0 Å². The molecule has 0 fully saturated rings. The molecule has 0 atom stereocenters. The molecule has 2 aromatic carbocycles. The summed E-state index contributed by atoms with van der Waals surface area (Å²) in [7, 11) is 0. The van der Waals surface area contributed by atoms with Crippen LogP contribution < -0.4 is 0 Å². The number of benzene rings is 2. The lowest BCUT2D eigenvalue weighted by Crippen LogP contribution is -1.83. The van der Waals surface area contributed by atoms with Crippen molar-refractivity contribution in [2.75, 3.05) is 6.26 Å². The average Bonchev–Trinajstić information content (AvgIpc) is 2.27. The molecule has 0 aliphatic carbocycles. The molecule has 0 radical (unpaired) electrons. The Kier molecular flexibility index (Phi) is 3.14. The average molecular weight is 267 g/mol. The number of hydrogen-bond donors (Lipinski definition) is 0. The van der Waals surface area contributed by atoms with Crippen molar-refractivity contribution in [3.05, 3.63) is 42.0 Å². The minimum atomic E-state index is 0.925. The van der Waals surface area contributed by atoms with Gasteiger partial charge in [0.2, 0.25) is 0 Å². The van der Waals surface area contributed by atoms with Crippen LogP contribution in [-0.2, 0) is 5.33 Å². The lowest BCUT2D eigenvalue weighted by Gasteiger charge is -2.06. The monoisotopic (exact) mass is 266 g/mol. The van der Waals surface area contributed by atoms with Crippen molar-refractivity contribution in [3.63, 3.8) is 0 Å². The fourth-order valence-corrected chi connectivity index (χ4v) is 2.85. The van der Waals surface area contributed by atoms with Crippen LogP contribution in [0.25, 0.3) is 10.8 Å². The topological polar surface area (TPSA) is 0 Å². The van der Waals surface area contributed by atoms with Gasteiger partial charge in [-0.05, 0) is 34.7 Å². The van der Waals surface area contributed by atoms with Gasteiger partial charge in [-0.15, -0.1) is 11.8 Å². The highest BCUT2D eigenvalue weighted by atomic mass is 79.9. The quantitative estimate of drug-likeness (QED) is 0.572. The number of halogens is 1. The normalized spacial score (nSPS) is 10.7. The number of alkyl halides is 1. The molecule has 0 spiro atoms. The Morgan fingerprint density at radius 2 is 1.79 bits per heavy atom. The number of fused-ring (bicyclic) bond motifs is 1. The van der Waals surface area contributed by atoms with Crippen molar-refractivity contribution < 1.29 is 0 Å². The molecule has 0 heterocycles. The molecule has 0 unspecified atom stereocenters. The van der Waals surface area contributed by atoms with Crippen molar-refractivity contribution in [1.82, 2.24) is 0 Å². The van der Waals surface area contributed by atoms with Gasteiger partial charge in [-0.3, -0.25) is 0 Å². The van der Waals surface area contributed by atoms with E-state index in [2.05, 4.69) is 58.6 Å².